The standard InChI is InChI=1S/C12H17BrN2O3S2/c1-2-14-12(16)9-5-7-15(8-6-9)20(17,18)11-4-3-10(13)19-11/h3-4,9H,2,5-8H2,1H3,(H,14,16). The van der Waals surface area contributed by atoms with Gasteiger partial charge in [-0.1, -0.05) is 0 Å². The number of halogens is 1. The highest BCUT2D eigenvalue weighted by Gasteiger charge is 2.32. The summed E-state index contributed by atoms with van der Waals surface area (Å²) in [5, 5.41) is 2.79. The van der Waals surface area contributed by atoms with E-state index in [9.17, 15) is 13.2 Å². The molecule has 2 heterocycles. The van der Waals surface area contributed by atoms with Gasteiger partial charge in [-0.15, -0.1) is 11.3 Å². The SMILES string of the molecule is CCNC(=O)C1CCN(S(=O)(=O)c2ccc(Br)s2)CC1. The second-order valence-corrected chi connectivity index (χ2v) is 9.26. The van der Waals surface area contributed by atoms with Crippen LogP contribution in [0.2, 0.25) is 0 Å². The maximum absolute atomic E-state index is 12.4. The highest BCUT2D eigenvalue weighted by molar-refractivity contribution is 9.11. The quantitative estimate of drug-likeness (QED) is 0.868. The highest BCUT2D eigenvalue weighted by atomic mass is 79.9. The number of hydrogen-bond acceptors (Lipinski definition) is 4. The Balaban J connectivity index is 2.02. The number of amides is 1. The first-order valence-corrected chi connectivity index (χ1v) is 9.53. The number of nitrogens with one attached hydrogen (secondary N) is 1. The predicted octanol–water partition coefficient (Wildman–Crippen LogP) is 2.05. The Labute approximate surface area is 131 Å². The molecule has 20 heavy (non-hydrogen) atoms. The van der Waals surface area contributed by atoms with Crippen molar-refractivity contribution in [3.05, 3.63) is 15.9 Å². The van der Waals surface area contributed by atoms with Gasteiger partial charge in [0, 0.05) is 25.6 Å². The molecule has 0 aliphatic carbocycles. The van der Waals surface area contributed by atoms with Crippen LogP contribution < -0.4 is 5.32 Å². The molecular weight excluding hydrogens is 364 g/mol. The highest BCUT2D eigenvalue weighted by Crippen LogP contribution is 2.30. The minimum Gasteiger partial charge on any atom is -0.356 e. The molecular formula is C12H17BrN2O3S2. The number of piperidine rings is 1. The van der Waals surface area contributed by atoms with Gasteiger partial charge in [0.25, 0.3) is 10.0 Å². The number of carbonyl (C=O) groups is 1. The molecule has 0 radical (unpaired) electrons. The van der Waals surface area contributed by atoms with Gasteiger partial charge in [-0.25, -0.2) is 8.42 Å². The maximum Gasteiger partial charge on any atom is 0.252 e. The lowest BCUT2D eigenvalue weighted by Crippen LogP contribution is -2.42. The van der Waals surface area contributed by atoms with E-state index in [4.69, 9.17) is 0 Å². The zero-order chi connectivity index (χ0) is 14.8. The van der Waals surface area contributed by atoms with Gasteiger partial charge in [-0.05, 0) is 47.8 Å². The lowest BCUT2D eigenvalue weighted by atomic mass is 9.97. The Morgan fingerprint density at radius 2 is 2.10 bits per heavy atom. The average Bonchev–Trinajstić information content (AvgIpc) is 2.86. The summed E-state index contributed by atoms with van der Waals surface area (Å²) in [6.45, 7) is 3.30. The third-order valence-electron chi connectivity index (χ3n) is 3.32. The number of thiophene rings is 1. The molecule has 112 valence electrons. The fourth-order valence-corrected chi connectivity index (χ4v) is 5.87. The molecule has 0 unspecified atom stereocenters. The molecule has 0 bridgehead atoms. The van der Waals surface area contributed by atoms with E-state index in [0.29, 0.717) is 36.7 Å². The van der Waals surface area contributed by atoms with E-state index in [-0.39, 0.29) is 11.8 Å². The zero-order valence-electron chi connectivity index (χ0n) is 11.1. The van der Waals surface area contributed by atoms with Crippen LogP contribution in [0.25, 0.3) is 0 Å². The van der Waals surface area contributed by atoms with E-state index < -0.39 is 10.0 Å². The van der Waals surface area contributed by atoms with Crippen LogP contribution in [0, 0.1) is 5.92 Å². The van der Waals surface area contributed by atoms with E-state index in [0.717, 1.165) is 3.79 Å². The molecule has 1 N–H and O–H groups in total. The lowest BCUT2D eigenvalue weighted by Gasteiger charge is -2.30. The summed E-state index contributed by atoms with van der Waals surface area (Å²) >= 11 is 4.49. The Hall–Kier alpha value is -0.440. The molecule has 1 aromatic rings. The third-order valence-corrected chi connectivity index (χ3v) is 7.31. The second kappa shape index (κ2) is 6.55. The Morgan fingerprint density at radius 3 is 2.60 bits per heavy atom. The van der Waals surface area contributed by atoms with Gasteiger partial charge in [-0.2, -0.15) is 4.31 Å². The average molecular weight is 381 g/mol. The van der Waals surface area contributed by atoms with Gasteiger partial charge in [-0.3, -0.25) is 4.79 Å². The van der Waals surface area contributed by atoms with Crippen molar-refractivity contribution >= 4 is 43.2 Å². The molecule has 8 heteroatoms. The van der Waals surface area contributed by atoms with Crippen molar-refractivity contribution in [2.24, 2.45) is 5.92 Å². The number of rotatable bonds is 4. The van der Waals surface area contributed by atoms with E-state index in [2.05, 4.69) is 21.2 Å². The Morgan fingerprint density at radius 1 is 1.45 bits per heavy atom. The minimum absolute atomic E-state index is 0.0309. The van der Waals surface area contributed by atoms with Gasteiger partial charge in [0.1, 0.15) is 4.21 Å². The smallest absolute Gasteiger partial charge is 0.252 e. The van der Waals surface area contributed by atoms with Crippen LogP contribution in [0.4, 0.5) is 0 Å². The van der Waals surface area contributed by atoms with Crippen molar-refractivity contribution in [1.29, 1.82) is 0 Å². The molecule has 0 atom stereocenters. The predicted molar refractivity (Wildman–Crippen MR) is 82.2 cm³/mol. The van der Waals surface area contributed by atoms with Crippen LogP contribution in [0.5, 0.6) is 0 Å². The van der Waals surface area contributed by atoms with Crippen molar-refractivity contribution in [3.63, 3.8) is 0 Å². The van der Waals surface area contributed by atoms with Crippen LogP contribution in [-0.2, 0) is 14.8 Å². The van der Waals surface area contributed by atoms with Crippen LogP contribution >= 0.6 is 27.3 Å². The molecule has 1 saturated heterocycles. The van der Waals surface area contributed by atoms with Crippen LogP contribution in [0.1, 0.15) is 19.8 Å². The number of carbonyl (C=O) groups excluding carboxylic acids is 1. The summed E-state index contributed by atoms with van der Waals surface area (Å²) in [4.78, 5) is 11.7. The van der Waals surface area contributed by atoms with E-state index in [1.165, 1.54) is 15.6 Å². The van der Waals surface area contributed by atoms with Crippen molar-refractivity contribution in [1.82, 2.24) is 9.62 Å². The Bertz CT molecular complexity index is 577. The third kappa shape index (κ3) is 3.41. The summed E-state index contributed by atoms with van der Waals surface area (Å²) < 4.78 is 27.5. The van der Waals surface area contributed by atoms with E-state index in [1.807, 2.05) is 6.92 Å². The molecule has 1 aromatic heterocycles. The first-order valence-electron chi connectivity index (χ1n) is 6.48. The number of sulfonamides is 1. The van der Waals surface area contributed by atoms with Crippen LogP contribution in [0.15, 0.2) is 20.1 Å². The molecule has 5 nitrogen and oxygen atoms in total. The molecule has 1 aliphatic rings. The first kappa shape index (κ1) is 15.9. The van der Waals surface area contributed by atoms with Crippen molar-refractivity contribution in [3.8, 4) is 0 Å². The summed E-state index contributed by atoms with van der Waals surface area (Å²) in [5.41, 5.74) is 0. The molecule has 1 aliphatic heterocycles. The molecule has 0 aromatic carbocycles. The Kier molecular flexibility index (Phi) is 5.22. The largest absolute Gasteiger partial charge is 0.356 e. The zero-order valence-corrected chi connectivity index (χ0v) is 14.4. The molecule has 2 rings (SSSR count). The van der Waals surface area contributed by atoms with Crippen LogP contribution in [-0.4, -0.2) is 38.3 Å². The van der Waals surface area contributed by atoms with Crippen molar-refractivity contribution in [2.45, 2.75) is 24.0 Å². The van der Waals surface area contributed by atoms with Gasteiger partial charge < -0.3 is 5.32 Å². The van der Waals surface area contributed by atoms with Gasteiger partial charge in [0.05, 0.1) is 3.79 Å². The maximum atomic E-state index is 12.4. The van der Waals surface area contributed by atoms with Gasteiger partial charge >= 0.3 is 0 Å². The molecule has 0 spiro atoms. The summed E-state index contributed by atoms with van der Waals surface area (Å²) in [6, 6.07) is 3.35. The summed E-state index contributed by atoms with van der Waals surface area (Å²) in [7, 11) is -3.41. The van der Waals surface area contributed by atoms with E-state index in [1.54, 1.807) is 12.1 Å². The fourth-order valence-electron chi connectivity index (χ4n) is 2.24. The molecule has 1 fully saturated rings. The first-order chi connectivity index (χ1) is 9.45. The molecule has 1 amide bonds. The van der Waals surface area contributed by atoms with Crippen molar-refractivity contribution < 1.29 is 13.2 Å². The summed E-state index contributed by atoms with van der Waals surface area (Å²) in [6.07, 6.45) is 1.16. The number of nitrogens with zero attached hydrogens (tertiary/aromatic N) is 1. The van der Waals surface area contributed by atoms with Gasteiger partial charge in [0.15, 0.2) is 0 Å². The molecule has 0 saturated carbocycles. The lowest BCUT2D eigenvalue weighted by molar-refractivity contribution is -0.126. The topological polar surface area (TPSA) is 66.5 Å². The number of hydrogen-bond donors (Lipinski definition) is 1. The summed E-state index contributed by atoms with van der Waals surface area (Å²) in [5.74, 6) is -0.0418. The fraction of sp³-hybridized carbons (Fsp3) is 0.583. The van der Waals surface area contributed by atoms with Gasteiger partial charge in [0.2, 0.25) is 5.91 Å². The monoisotopic (exact) mass is 380 g/mol. The van der Waals surface area contributed by atoms with Crippen molar-refractivity contribution in [2.75, 3.05) is 19.6 Å². The van der Waals surface area contributed by atoms with E-state index >= 15 is 0 Å². The minimum atomic E-state index is -3.41. The van der Waals surface area contributed by atoms with Crippen LogP contribution in [0.3, 0.4) is 0 Å². The normalized spacial score (nSPS) is 18.1. The second-order valence-electron chi connectivity index (χ2n) is 4.63.